The Morgan fingerprint density at radius 3 is 2.68 bits per heavy atom. The average molecular weight is 263 g/mol. The summed E-state index contributed by atoms with van der Waals surface area (Å²) in [6.45, 7) is 3.78. The molecule has 1 aromatic carbocycles. The smallest absolute Gasteiger partial charge is 0.326 e. The van der Waals surface area contributed by atoms with Gasteiger partial charge in [0.05, 0.1) is 0 Å². The van der Waals surface area contributed by atoms with Crippen LogP contribution in [0.25, 0.3) is 0 Å². The van der Waals surface area contributed by atoms with E-state index in [4.69, 9.17) is 9.84 Å². The van der Waals surface area contributed by atoms with Crippen LogP contribution in [0.5, 0.6) is 5.75 Å². The molecule has 102 valence electrons. The first-order valence-corrected chi connectivity index (χ1v) is 6.25. The Morgan fingerprint density at radius 1 is 1.37 bits per heavy atom. The van der Waals surface area contributed by atoms with Crippen molar-refractivity contribution in [3.63, 3.8) is 0 Å². The fourth-order valence-electron chi connectivity index (χ4n) is 2.15. The van der Waals surface area contributed by atoms with Crippen molar-refractivity contribution >= 4 is 11.9 Å². The number of fused-ring (bicyclic) bond motifs is 1. The van der Waals surface area contributed by atoms with Crippen molar-refractivity contribution in [2.75, 3.05) is 6.61 Å². The van der Waals surface area contributed by atoms with E-state index in [1.807, 2.05) is 18.2 Å². The number of ether oxygens (including phenoxy) is 1. The minimum atomic E-state index is -1.02. The third-order valence-corrected chi connectivity index (χ3v) is 3.25. The summed E-state index contributed by atoms with van der Waals surface area (Å²) in [5.74, 6) is -1.23. The van der Waals surface area contributed by atoms with Gasteiger partial charge in [-0.1, -0.05) is 32.0 Å². The number of carbonyl (C=O) groups excluding carboxylic acids is 1. The molecule has 0 bridgehead atoms. The number of aliphatic carboxylic acids is 1. The fourth-order valence-corrected chi connectivity index (χ4v) is 2.15. The van der Waals surface area contributed by atoms with Crippen molar-refractivity contribution in [2.24, 2.45) is 5.92 Å². The predicted molar refractivity (Wildman–Crippen MR) is 69.1 cm³/mol. The third-order valence-electron chi connectivity index (χ3n) is 3.25. The lowest BCUT2D eigenvalue weighted by molar-refractivity contribution is -0.143. The van der Waals surface area contributed by atoms with Crippen LogP contribution in [0.2, 0.25) is 0 Å². The number of amides is 1. The van der Waals surface area contributed by atoms with Gasteiger partial charge < -0.3 is 15.2 Å². The zero-order valence-electron chi connectivity index (χ0n) is 10.9. The minimum Gasteiger partial charge on any atom is -0.492 e. The van der Waals surface area contributed by atoms with Crippen LogP contribution in [-0.4, -0.2) is 29.6 Å². The van der Waals surface area contributed by atoms with Crippen LogP contribution < -0.4 is 10.1 Å². The van der Waals surface area contributed by atoms with Crippen LogP contribution in [0.3, 0.4) is 0 Å². The van der Waals surface area contributed by atoms with Crippen molar-refractivity contribution < 1.29 is 19.4 Å². The third kappa shape index (κ3) is 2.70. The number of hydrogen-bond donors (Lipinski definition) is 2. The molecule has 0 aliphatic carbocycles. The van der Waals surface area contributed by atoms with E-state index in [1.165, 1.54) is 0 Å². The molecule has 0 radical (unpaired) electrons. The van der Waals surface area contributed by atoms with E-state index in [9.17, 15) is 9.59 Å². The maximum Gasteiger partial charge on any atom is 0.326 e. The van der Waals surface area contributed by atoms with E-state index in [2.05, 4.69) is 5.32 Å². The number of hydrogen-bond acceptors (Lipinski definition) is 3. The van der Waals surface area contributed by atoms with Crippen LogP contribution >= 0.6 is 0 Å². The number of benzene rings is 1. The average Bonchev–Trinajstić information content (AvgIpc) is 2.78. The summed E-state index contributed by atoms with van der Waals surface area (Å²) >= 11 is 0. The molecule has 1 aromatic rings. The van der Waals surface area contributed by atoms with Crippen molar-refractivity contribution in [3.8, 4) is 5.75 Å². The maximum absolute atomic E-state index is 12.2. The lowest BCUT2D eigenvalue weighted by atomic mass is 9.98. The highest BCUT2D eigenvalue weighted by Crippen LogP contribution is 2.33. The van der Waals surface area contributed by atoms with Gasteiger partial charge in [0.15, 0.2) is 0 Å². The zero-order chi connectivity index (χ0) is 14.0. The van der Waals surface area contributed by atoms with Crippen molar-refractivity contribution in [3.05, 3.63) is 29.8 Å². The van der Waals surface area contributed by atoms with Gasteiger partial charge in [0.25, 0.3) is 0 Å². The Morgan fingerprint density at radius 2 is 2.05 bits per heavy atom. The van der Waals surface area contributed by atoms with Gasteiger partial charge >= 0.3 is 5.97 Å². The molecule has 2 N–H and O–H groups in total. The van der Waals surface area contributed by atoms with Crippen LogP contribution in [0.4, 0.5) is 0 Å². The maximum atomic E-state index is 12.2. The summed E-state index contributed by atoms with van der Waals surface area (Å²) < 4.78 is 5.43. The quantitative estimate of drug-likeness (QED) is 0.860. The van der Waals surface area contributed by atoms with Gasteiger partial charge in [-0.25, -0.2) is 4.79 Å². The van der Waals surface area contributed by atoms with Crippen molar-refractivity contribution in [2.45, 2.75) is 25.8 Å². The lowest BCUT2D eigenvalue weighted by Gasteiger charge is -2.19. The molecular weight excluding hydrogens is 246 g/mol. The zero-order valence-corrected chi connectivity index (χ0v) is 10.9. The normalized spacial score (nSPS) is 18.6. The molecule has 5 nitrogen and oxygen atoms in total. The highest BCUT2D eigenvalue weighted by Gasteiger charge is 2.33. The molecule has 0 saturated heterocycles. The van der Waals surface area contributed by atoms with E-state index in [1.54, 1.807) is 19.9 Å². The Labute approximate surface area is 111 Å². The summed E-state index contributed by atoms with van der Waals surface area (Å²) in [4.78, 5) is 23.3. The number of carboxylic acids is 1. The molecule has 0 saturated carbocycles. The molecular formula is C14H17NO4. The molecule has 2 rings (SSSR count). The summed E-state index contributed by atoms with van der Waals surface area (Å²) in [6, 6.07) is 6.44. The number of rotatable bonds is 4. The predicted octanol–water partition coefficient (Wildman–Crippen LogP) is 1.39. The van der Waals surface area contributed by atoms with Gasteiger partial charge in [-0.05, 0) is 12.0 Å². The molecule has 2 atom stereocenters. The van der Waals surface area contributed by atoms with Crippen LogP contribution in [0.1, 0.15) is 25.3 Å². The second kappa shape index (κ2) is 5.30. The SMILES string of the molecule is CC(C)[C@@H](NC(=O)C1COc2ccccc21)C(=O)O. The summed E-state index contributed by atoms with van der Waals surface area (Å²) in [7, 11) is 0. The fraction of sp³-hybridized carbons (Fsp3) is 0.429. The molecule has 1 amide bonds. The summed E-state index contributed by atoms with van der Waals surface area (Å²) in [5, 5.41) is 11.7. The topological polar surface area (TPSA) is 75.6 Å². The van der Waals surface area contributed by atoms with Gasteiger partial charge in [0.2, 0.25) is 5.91 Å². The van der Waals surface area contributed by atoms with E-state index in [0.717, 1.165) is 5.56 Å². The molecule has 5 heteroatoms. The molecule has 0 spiro atoms. The van der Waals surface area contributed by atoms with E-state index in [0.29, 0.717) is 5.75 Å². The first kappa shape index (κ1) is 13.4. The molecule has 0 aromatic heterocycles. The van der Waals surface area contributed by atoms with Gasteiger partial charge in [-0.2, -0.15) is 0 Å². The Hall–Kier alpha value is -2.04. The van der Waals surface area contributed by atoms with Crippen LogP contribution in [0.15, 0.2) is 24.3 Å². The summed E-state index contributed by atoms with van der Waals surface area (Å²) in [5.41, 5.74) is 0.813. The molecule has 1 aliphatic rings. The van der Waals surface area contributed by atoms with Gasteiger partial charge in [0, 0.05) is 5.56 Å². The Kier molecular flexibility index (Phi) is 3.74. The number of para-hydroxylation sites is 1. The van der Waals surface area contributed by atoms with E-state index >= 15 is 0 Å². The number of carbonyl (C=O) groups is 2. The van der Waals surface area contributed by atoms with Crippen molar-refractivity contribution in [1.82, 2.24) is 5.32 Å². The van der Waals surface area contributed by atoms with Crippen molar-refractivity contribution in [1.29, 1.82) is 0 Å². The standard InChI is InChI=1S/C14H17NO4/c1-8(2)12(14(17)18)15-13(16)10-7-19-11-6-4-3-5-9(10)11/h3-6,8,10,12H,7H2,1-2H3,(H,15,16)(H,17,18)/t10?,12-/m1/s1. The lowest BCUT2D eigenvalue weighted by Crippen LogP contribution is -2.46. The molecule has 19 heavy (non-hydrogen) atoms. The van der Waals surface area contributed by atoms with Gasteiger partial charge in [-0.15, -0.1) is 0 Å². The molecule has 1 unspecified atom stereocenters. The number of nitrogens with one attached hydrogen (secondary N) is 1. The Bertz CT molecular complexity index is 498. The highest BCUT2D eigenvalue weighted by molar-refractivity contribution is 5.89. The molecule has 1 aliphatic heterocycles. The van der Waals surface area contributed by atoms with E-state index < -0.39 is 17.9 Å². The van der Waals surface area contributed by atoms with Crippen LogP contribution in [0, 0.1) is 5.92 Å². The first-order valence-electron chi connectivity index (χ1n) is 6.25. The minimum absolute atomic E-state index is 0.168. The monoisotopic (exact) mass is 263 g/mol. The molecule has 1 heterocycles. The Balaban J connectivity index is 2.12. The second-order valence-electron chi connectivity index (χ2n) is 4.97. The van der Waals surface area contributed by atoms with Gasteiger partial charge in [0.1, 0.15) is 24.3 Å². The highest BCUT2D eigenvalue weighted by atomic mass is 16.5. The van der Waals surface area contributed by atoms with Gasteiger partial charge in [-0.3, -0.25) is 4.79 Å². The van der Waals surface area contributed by atoms with Crippen LogP contribution in [-0.2, 0) is 9.59 Å². The molecule has 0 fully saturated rings. The largest absolute Gasteiger partial charge is 0.492 e. The first-order chi connectivity index (χ1) is 9.00. The number of carboxylic acid groups (broad SMARTS) is 1. The van der Waals surface area contributed by atoms with E-state index in [-0.39, 0.29) is 18.4 Å². The summed E-state index contributed by atoms with van der Waals surface area (Å²) in [6.07, 6.45) is 0. The second-order valence-corrected chi connectivity index (χ2v) is 4.97.